The van der Waals surface area contributed by atoms with Crippen LogP contribution in [0.15, 0.2) is 41.8 Å². The largest absolute Gasteiger partial charge is 0.337 e. The zero-order valence-corrected chi connectivity index (χ0v) is 13.6. The minimum Gasteiger partial charge on any atom is -0.337 e. The van der Waals surface area contributed by atoms with Crippen molar-refractivity contribution in [2.24, 2.45) is 0 Å². The molecule has 1 saturated carbocycles. The van der Waals surface area contributed by atoms with E-state index >= 15 is 0 Å². The molecule has 1 aliphatic carbocycles. The lowest BCUT2D eigenvalue weighted by Gasteiger charge is -2.26. The van der Waals surface area contributed by atoms with Crippen molar-refractivity contribution in [2.45, 2.75) is 31.7 Å². The Morgan fingerprint density at radius 1 is 1.29 bits per heavy atom. The average molecular weight is 320 g/mol. The molecule has 110 valence electrons. The second-order valence-electron chi connectivity index (χ2n) is 5.49. The third-order valence-corrected chi connectivity index (χ3v) is 5.27. The summed E-state index contributed by atoms with van der Waals surface area (Å²) in [7, 11) is 0. The van der Waals surface area contributed by atoms with Crippen molar-refractivity contribution in [3.8, 4) is 0 Å². The third kappa shape index (κ3) is 2.85. The van der Waals surface area contributed by atoms with E-state index in [1.165, 1.54) is 4.88 Å². The van der Waals surface area contributed by atoms with Crippen LogP contribution in [0, 0.1) is 0 Å². The fraction of sp³-hybridized carbons (Fsp3) is 0.353. The van der Waals surface area contributed by atoms with E-state index in [9.17, 15) is 4.79 Å². The van der Waals surface area contributed by atoms with Crippen LogP contribution in [-0.4, -0.2) is 17.4 Å². The number of carbonyl (C=O) groups is 1. The Morgan fingerprint density at radius 3 is 2.52 bits per heavy atom. The molecule has 1 heterocycles. The second-order valence-corrected chi connectivity index (χ2v) is 6.96. The summed E-state index contributed by atoms with van der Waals surface area (Å²) in [5.41, 5.74) is 0.791. The molecule has 0 N–H and O–H groups in total. The summed E-state index contributed by atoms with van der Waals surface area (Å²) >= 11 is 7.65. The molecule has 0 bridgehead atoms. The number of halogens is 1. The van der Waals surface area contributed by atoms with Gasteiger partial charge in [-0.1, -0.05) is 29.8 Å². The Kier molecular flexibility index (Phi) is 4.05. The SMILES string of the molecule is CCN(Cc1cccs1)C(=O)C1(c2ccc(Cl)cc2)CC1. The van der Waals surface area contributed by atoms with Crippen LogP contribution >= 0.6 is 22.9 Å². The van der Waals surface area contributed by atoms with Crippen molar-refractivity contribution < 1.29 is 4.79 Å². The maximum absolute atomic E-state index is 13.0. The van der Waals surface area contributed by atoms with Gasteiger partial charge in [-0.25, -0.2) is 0 Å². The zero-order valence-electron chi connectivity index (χ0n) is 12.0. The van der Waals surface area contributed by atoms with Gasteiger partial charge >= 0.3 is 0 Å². The molecule has 1 fully saturated rings. The molecule has 0 saturated heterocycles. The standard InChI is InChI=1S/C17H18ClNOS/c1-2-19(12-15-4-3-11-21-15)16(20)17(9-10-17)13-5-7-14(18)8-6-13/h3-8,11H,2,9-10,12H2,1H3. The van der Waals surface area contributed by atoms with E-state index in [-0.39, 0.29) is 11.3 Å². The van der Waals surface area contributed by atoms with E-state index in [1.54, 1.807) is 11.3 Å². The van der Waals surface area contributed by atoms with Gasteiger partial charge in [0.05, 0.1) is 12.0 Å². The van der Waals surface area contributed by atoms with E-state index in [0.717, 1.165) is 24.9 Å². The molecule has 0 aliphatic heterocycles. The first kappa shape index (κ1) is 14.6. The van der Waals surface area contributed by atoms with Crippen LogP contribution < -0.4 is 0 Å². The third-order valence-electron chi connectivity index (χ3n) is 4.15. The topological polar surface area (TPSA) is 20.3 Å². The van der Waals surface area contributed by atoms with Crippen LogP contribution in [0.25, 0.3) is 0 Å². The highest BCUT2D eigenvalue weighted by atomic mass is 35.5. The zero-order chi connectivity index (χ0) is 14.9. The molecule has 2 nitrogen and oxygen atoms in total. The summed E-state index contributed by atoms with van der Waals surface area (Å²) in [5, 5.41) is 2.77. The summed E-state index contributed by atoms with van der Waals surface area (Å²) in [6, 6.07) is 11.9. The van der Waals surface area contributed by atoms with E-state index in [2.05, 4.69) is 11.4 Å². The Bertz CT molecular complexity index is 617. The van der Waals surface area contributed by atoms with Crippen molar-refractivity contribution in [3.63, 3.8) is 0 Å². The molecule has 3 rings (SSSR count). The van der Waals surface area contributed by atoms with Gasteiger partial charge in [-0.15, -0.1) is 11.3 Å². The smallest absolute Gasteiger partial charge is 0.233 e. The first-order valence-corrected chi connectivity index (χ1v) is 8.49. The number of hydrogen-bond donors (Lipinski definition) is 0. The van der Waals surface area contributed by atoms with Gasteiger partial charge in [0.25, 0.3) is 0 Å². The maximum atomic E-state index is 13.0. The minimum atomic E-state index is -0.308. The van der Waals surface area contributed by atoms with Gasteiger partial charge in [-0.2, -0.15) is 0 Å². The van der Waals surface area contributed by atoms with Crippen LogP contribution in [-0.2, 0) is 16.8 Å². The number of nitrogens with zero attached hydrogens (tertiary/aromatic N) is 1. The van der Waals surface area contributed by atoms with Crippen molar-refractivity contribution in [3.05, 3.63) is 57.2 Å². The molecule has 2 aromatic rings. The molecule has 4 heteroatoms. The summed E-state index contributed by atoms with van der Waals surface area (Å²) < 4.78 is 0. The molecule has 1 aromatic heterocycles. The first-order chi connectivity index (χ1) is 10.2. The molecule has 1 aromatic carbocycles. The van der Waals surface area contributed by atoms with E-state index in [1.807, 2.05) is 42.2 Å². The minimum absolute atomic E-state index is 0.251. The molecular weight excluding hydrogens is 302 g/mol. The molecule has 0 radical (unpaired) electrons. The summed E-state index contributed by atoms with van der Waals surface area (Å²) in [6.45, 7) is 3.50. The number of likely N-dealkylation sites (N-methyl/N-ethyl adjacent to an activating group) is 1. The van der Waals surface area contributed by atoms with Crippen molar-refractivity contribution in [1.29, 1.82) is 0 Å². The molecule has 1 amide bonds. The number of benzene rings is 1. The monoisotopic (exact) mass is 319 g/mol. The quantitative estimate of drug-likeness (QED) is 0.795. The molecule has 0 spiro atoms. The first-order valence-electron chi connectivity index (χ1n) is 7.23. The molecule has 0 unspecified atom stereocenters. The van der Waals surface area contributed by atoms with Crippen molar-refractivity contribution >= 4 is 28.8 Å². The highest BCUT2D eigenvalue weighted by molar-refractivity contribution is 7.09. The van der Waals surface area contributed by atoms with Gasteiger partial charge in [-0.05, 0) is 48.9 Å². The van der Waals surface area contributed by atoms with Gasteiger partial charge in [0.2, 0.25) is 5.91 Å². The Hall–Kier alpha value is -1.32. The van der Waals surface area contributed by atoms with Crippen LogP contribution in [0.3, 0.4) is 0 Å². The summed E-state index contributed by atoms with van der Waals surface area (Å²) in [4.78, 5) is 16.2. The normalized spacial score (nSPS) is 15.7. The van der Waals surface area contributed by atoms with Crippen molar-refractivity contribution in [2.75, 3.05) is 6.54 Å². The van der Waals surface area contributed by atoms with Gasteiger partial charge in [0.15, 0.2) is 0 Å². The molecule has 21 heavy (non-hydrogen) atoms. The van der Waals surface area contributed by atoms with E-state index in [4.69, 9.17) is 11.6 Å². The Labute approximate surface area is 134 Å². The van der Waals surface area contributed by atoms with Gasteiger partial charge in [0, 0.05) is 16.4 Å². The highest BCUT2D eigenvalue weighted by Gasteiger charge is 2.52. The van der Waals surface area contributed by atoms with Crippen LogP contribution in [0.2, 0.25) is 5.02 Å². The van der Waals surface area contributed by atoms with Crippen LogP contribution in [0.1, 0.15) is 30.2 Å². The van der Waals surface area contributed by atoms with Crippen LogP contribution in [0.4, 0.5) is 0 Å². The lowest BCUT2D eigenvalue weighted by atomic mass is 9.94. The fourth-order valence-corrected chi connectivity index (χ4v) is 3.59. The lowest BCUT2D eigenvalue weighted by Crippen LogP contribution is -2.38. The number of carbonyl (C=O) groups excluding carboxylic acids is 1. The highest BCUT2D eigenvalue weighted by Crippen LogP contribution is 2.50. The second kappa shape index (κ2) is 5.82. The fourth-order valence-electron chi connectivity index (χ4n) is 2.74. The Balaban J connectivity index is 1.81. The molecule has 0 atom stereocenters. The lowest BCUT2D eigenvalue weighted by molar-refractivity contribution is -0.134. The number of amides is 1. The predicted molar refractivity (Wildman–Crippen MR) is 87.8 cm³/mol. The van der Waals surface area contributed by atoms with Gasteiger partial charge in [-0.3, -0.25) is 4.79 Å². The van der Waals surface area contributed by atoms with Crippen LogP contribution in [0.5, 0.6) is 0 Å². The number of rotatable bonds is 5. The average Bonchev–Trinajstić information content (AvgIpc) is 3.15. The maximum Gasteiger partial charge on any atom is 0.233 e. The van der Waals surface area contributed by atoms with Crippen molar-refractivity contribution in [1.82, 2.24) is 4.90 Å². The summed E-state index contributed by atoms with van der Waals surface area (Å²) in [6.07, 6.45) is 1.88. The van der Waals surface area contributed by atoms with E-state index < -0.39 is 0 Å². The van der Waals surface area contributed by atoms with Gasteiger partial charge in [0.1, 0.15) is 0 Å². The van der Waals surface area contributed by atoms with Gasteiger partial charge < -0.3 is 4.90 Å². The molecular formula is C17H18ClNOS. The molecule has 1 aliphatic rings. The van der Waals surface area contributed by atoms with E-state index in [0.29, 0.717) is 11.6 Å². The summed E-state index contributed by atoms with van der Waals surface area (Å²) in [5.74, 6) is 0.251. The number of thiophene rings is 1. The number of hydrogen-bond acceptors (Lipinski definition) is 2. The predicted octanol–water partition coefficient (Wildman–Crippen LogP) is 4.48. The Morgan fingerprint density at radius 2 is 2.00 bits per heavy atom.